The average Bonchev–Trinajstić information content (AvgIpc) is 2.93. The maximum absolute atomic E-state index is 13.3. The van der Waals surface area contributed by atoms with Gasteiger partial charge in [0.2, 0.25) is 0 Å². The molecule has 0 aliphatic carbocycles. The molecule has 1 N–H and O–H groups in total. The topological polar surface area (TPSA) is 66.5 Å². The molecule has 0 saturated heterocycles. The first kappa shape index (κ1) is 21.0. The molecule has 0 fully saturated rings. The van der Waals surface area contributed by atoms with Crippen molar-refractivity contribution < 1.29 is 13.8 Å². The van der Waals surface area contributed by atoms with Crippen LogP contribution < -0.4 is 10.2 Å². The van der Waals surface area contributed by atoms with Crippen molar-refractivity contribution >= 4 is 34.0 Å². The van der Waals surface area contributed by atoms with Gasteiger partial charge in [-0.2, -0.15) is 0 Å². The number of hydrogen-bond donors (Lipinski definition) is 1. The van der Waals surface area contributed by atoms with Gasteiger partial charge in [-0.05, 0) is 67.8 Å². The molecule has 4 rings (SSSR count). The average molecular weight is 433 g/mol. The van der Waals surface area contributed by atoms with E-state index in [1.54, 1.807) is 35.2 Å². The summed E-state index contributed by atoms with van der Waals surface area (Å²) >= 11 is 0. The molecule has 31 heavy (non-hydrogen) atoms. The summed E-state index contributed by atoms with van der Waals surface area (Å²) in [5.41, 5.74) is 4.32. The van der Waals surface area contributed by atoms with Gasteiger partial charge in [-0.1, -0.05) is 30.3 Å². The molecule has 0 saturated carbocycles. The lowest BCUT2D eigenvalue weighted by Gasteiger charge is -2.23. The molecular weight excluding hydrogens is 408 g/mol. The highest BCUT2D eigenvalue weighted by atomic mass is 32.2. The van der Waals surface area contributed by atoms with Crippen LogP contribution in [0.1, 0.15) is 38.3 Å². The number of fused-ring (bicyclic) bond motifs is 1. The fourth-order valence-corrected chi connectivity index (χ4v) is 5.25. The van der Waals surface area contributed by atoms with Crippen molar-refractivity contribution in [1.29, 1.82) is 0 Å². The standard InChI is InChI=1S/C25H24N2O3S/c1-17-7-3-4-9-21(17)24(28)26-20-13-11-19(12-14-20)25(29)27-15-6-16-31(30)23-18(2)8-5-10-22(23)27/h3-5,7-14H,6,15-16H2,1-2H3,(H,26,28)/t31-/m1/s1. The largest absolute Gasteiger partial charge is 0.322 e. The zero-order chi connectivity index (χ0) is 22.0. The van der Waals surface area contributed by atoms with Crippen molar-refractivity contribution in [3.05, 3.63) is 89.0 Å². The van der Waals surface area contributed by atoms with Crippen LogP contribution in [0.2, 0.25) is 0 Å². The molecule has 1 aliphatic rings. The van der Waals surface area contributed by atoms with E-state index in [4.69, 9.17) is 0 Å². The van der Waals surface area contributed by atoms with E-state index in [0.717, 1.165) is 21.7 Å². The summed E-state index contributed by atoms with van der Waals surface area (Å²) in [7, 11) is -1.11. The minimum absolute atomic E-state index is 0.137. The minimum Gasteiger partial charge on any atom is -0.322 e. The minimum atomic E-state index is -1.11. The van der Waals surface area contributed by atoms with Crippen LogP contribution >= 0.6 is 0 Å². The first-order valence-corrected chi connectivity index (χ1v) is 11.5. The van der Waals surface area contributed by atoms with Gasteiger partial charge >= 0.3 is 0 Å². The van der Waals surface area contributed by atoms with Crippen molar-refractivity contribution in [2.24, 2.45) is 0 Å². The molecule has 1 aliphatic heterocycles. The highest BCUT2D eigenvalue weighted by Gasteiger charge is 2.26. The molecule has 0 bridgehead atoms. The van der Waals surface area contributed by atoms with Crippen LogP contribution in [0.3, 0.4) is 0 Å². The first-order valence-electron chi connectivity index (χ1n) is 10.2. The van der Waals surface area contributed by atoms with E-state index in [0.29, 0.717) is 35.5 Å². The van der Waals surface area contributed by atoms with Crippen LogP contribution in [0.25, 0.3) is 0 Å². The predicted molar refractivity (Wildman–Crippen MR) is 124 cm³/mol. The number of amides is 2. The van der Waals surface area contributed by atoms with Gasteiger partial charge < -0.3 is 10.2 Å². The Morgan fingerprint density at radius 3 is 2.35 bits per heavy atom. The number of nitrogens with one attached hydrogen (secondary N) is 1. The molecular formula is C25H24N2O3S. The Morgan fingerprint density at radius 2 is 1.61 bits per heavy atom. The van der Waals surface area contributed by atoms with Crippen molar-refractivity contribution in [3.8, 4) is 0 Å². The van der Waals surface area contributed by atoms with Crippen LogP contribution in [0, 0.1) is 13.8 Å². The molecule has 3 aromatic carbocycles. The number of rotatable bonds is 3. The predicted octanol–water partition coefficient (Wildman–Crippen LogP) is 4.71. The van der Waals surface area contributed by atoms with E-state index < -0.39 is 10.8 Å². The molecule has 6 heteroatoms. The second kappa shape index (κ2) is 8.86. The number of carbonyl (C=O) groups is 2. The number of carbonyl (C=O) groups excluding carboxylic acids is 2. The second-order valence-corrected chi connectivity index (χ2v) is 9.14. The summed E-state index contributed by atoms with van der Waals surface area (Å²) in [6, 6.07) is 20.0. The molecule has 0 unspecified atom stereocenters. The molecule has 2 amide bonds. The number of hydrogen-bond acceptors (Lipinski definition) is 3. The summed E-state index contributed by atoms with van der Waals surface area (Å²) in [6.45, 7) is 4.34. The van der Waals surface area contributed by atoms with Crippen LogP contribution in [-0.2, 0) is 10.8 Å². The number of aryl methyl sites for hydroxylation is 2. The second-order valence-electron chi connectivity index (χ2n) is 7.63. The van der Waals surface area contributed by atoms with Crippen molar-refractivity contribution in [2.45, 2.75) is 25.2 Å². The van der Waals surface area contributed by atoms with Gasteiger partial charge in [-0.3, -0.25) is 13.8 Å². The summed E-state index contributed by atoms with van der Waals surface area (Å²) in [5, 5.41) is 2.88. The Labute approximate surface area is 184 Å². The van der Waals surface area contributed by atoms with Crippen molar-refractivity contribution in [3.63, 3.8) is 0 Å². The number of anilines is 2. The SMILES string of the molecule is Cc1ccccc1C(=O)Nc1ccc(C(=O)N2CCC[S@@](=O)c3c(C)cccc32)cc1. The molecule has 5 nitrogen and oxygen atoms in total. The molecule has 0 aromatic heterocycles. The first-order chi connectivity index (χ1) is 15.0. The van der Waals surface area contributed by atoms with Gasteiger partial charge in [0.1, 0.15) is 0 Å². The summed E-state index contributed by atoms with van der Waals surface area (Å²) in [4.78, 5) is 28.3. The summed E-state index contributed by atoms with van der Waals surface area (Å²) in [6.07, 6.45) is 0.678. The molecule has 158 valence electrons. The molecule has 0 spiro atoms. The molecule has 1 atom stereocenters. The lowest BCUT2D eigenvalue weighted by atomic mass is 10.1. The van der Waals surface area contributed by atoms with Crippen LogP contribution in [0.5, 0.6) is 0 Å². The van der Waals surface area contributed by atoms with E-state index in [9.17, 15) is 13.8 Å². The van der Waals surface area contributed by atoms with E-state index in [-0.39, 0.29) is 11.8 Å². The zero-order valence-corrected chi connectivity index (χ0v) is 18.4. The van der Waals surface area contributed by atoms with Gasteiger partial charge in [0, 0.05) is 29.1 Å². The summed E-state index contributed by atoms with van der Waals surface area (Å²) in [5.74, 6) is 0.227. The van der Waals surface area contributed by atoms with Crippen molar-refractivity contribution in [1.82, 2.24) is 0 Å². The van der Waals surface area contributed by atoms with E-state index in [2.05, 4.69) is 5.32 Å². The van der Waals surface area contributed by atoms with Gasteiger partial charge in [0.05, 0.1) is 21.4 Å². The Morgan fingerprint density at radius 1 is 0.903 bits per heavy atom. The normalized spacial score (nSPS) is 15.7. The van der Waals surface area contributed by atoms with Gasteiger partial charge in [-0.25, -0.2) is 0 Å². The highest BCUT2D eigenvalue weighted by Crippen LogP contribution is 2.31. The number of nitrogens with zero attached hydrogens (tertiary/aromatic N) is 1. The fourth-order valence-electron chi connectivity index (χ4n) is 3.81. The van der Waals surface area contributed by atoms with Gasteiger partial charge in [0.15, 0.2) is 0 Å². The zero-order valence-electron chi connectivity index (χ0n) is 17.6. The highest BCUT2D eigenvalue weighted by molar-refractivity contribution is 7.85. The quantitative estimate of drug-likeness (QED) is 0.652. The third-order valence-electron chi connectivity index (χ3n) is 5.45. The summed E-state index contributed by atoms with van der Waals surface area (Å²) < 4.78 is 12.7. The molecule has 3 aromatic rings. The third kappa shape index (κ3) is 4.30. The van der Waals surface area contributed by atoms with Gasteiger partial charge in [-0.15, -0.1) is 0 Å². The van der Waals surface area contributed by atoms with Crippen molar-refractivity contribution in [2.75, 3.05) is 22.5 Å². The molecule has 1 heterocycles. The number of benzene rings is 3. The maximum atomic E-state index is 13.3. The smallest absolute Gasteiger partial charge is 0.258 e. The van der Waals surface area contributed by atoms with Gasteiger partial charge in [0.25, 0.3) is 11.8 Å². The Bertz CT molecular complexity index is 1170. The van der Waals surface area contributed by atoms with E-state index in [1.807, 2.05) is 50.2 Å². The van der Waals surface area contributed by atoms with E-state index >= 15 is 0 Å². The Hall–Kier alpha value is -3.25. The third-order valence-corrected chi connectivity index (χ3v) is 7.09. The lowest BCUT2D eigenvalue weighted by molar-refractivity contribution is 0.0985. The maximum Gasteiger partial charge on any atom is 0.258 e. The lowest BCUT2D eigenvalue weighted by Crippen LogP contribution is -2.31. The monoisotopic (exact) mass is 432 g/mol. The molecule has 0 radical (unpaired) electrons. The Balaban J connectivity index is 1.56. The van der Waals surface area contributed by atoms with Crippen LogP contribution in [0.4, 0.5) is 11.4 Å². The van der Waals surface area contributed by atoms with Crippen LogP contribution in [0.15, 0.2) is 71.6 Å². The van der Waals surface area contributed by atoms with E-state index in [1.165, 1.54) is 0 Å². The Kier molecular flexibility index (Phi) is 6.00. The fraction of sp³-hybridized carbons (Fsp3) is 0.200. The van der Waals surface area contributed by atoms with Crippen LogP contribution in [-0.4, -0.2) is 28.3 Å².